The molecule has 1 saturated heterocycles. The van der Waals surface area contributed by atoms with Gasteiger partial charge in [-0.2, -0.15) is 0 Å². The van der Waals surface area contributed by atoms with Crippen LogP contribution in [-0.4, -0.2) is 66.0 Å². The summed E-state index contributed by atoms with van der Waals surface area (Å²) in [6.07, 6.45) is -0.0911. The summed E-state index contributed by atoms with van der Waals surface area (Å²) in [5.74, 6) is -0.173. The molecule has 1 aliphatic rings. The molecule has 7 nitrogen and oxygen atoms in total. The summed E-state index contributed by atoms with van der Waals surface area (Å²) in [7, 11) is 0. The number of hydrogen-bond donors (Lipinski definition) is 1. The minimum Gasteiger partial charge on any atom is -0.444 e. The molecule has 0 atom stereocenters. The Morgan fingerprint density at radius 3 is 2.36 bits per heavy atom. The zero-order valence-corrected chi connectivity index (χ0v) is 15.7. The second-order valence-electron chi connectivity index (χ2n) is 6.83. The van der Waals surface area contributed by atoms with E-state index in [1.54, 1.807) is 15.9 Å². The van der Waals surface area contributed by atoms with E-state index in [9.17, 15) is 14.4 Å². The molecule has 1 aromatic rings. The van der Waals surface area contributed by atoms with Crippen LogP contribution in [0.3, 0.4) is 0 Å². The predicted molar refractivity (Wildman–Crippen MR) is 95.7 cm³/mol. The van der Waals surface area contributed by atoms with Crippen molar-refractivity contribution in [1.29, 1.82) is 0 Å². The summed E-state index contributed by atoms with van der Waals surface area (Å²) in [6.45, 7) is 7.68. The fourth-order valence-electron chi connectivity index (χ4n) is 2.40. The molecule has 1 N–H and O–H groups in total. The molecule has 0 saturated carbocycles. The van der Waals surface area contributed by atoms with Gasteiger partial charge in [0.15, 0.2) is 0 Å². The van der Waals surface area contributed by atoms with E-state index in [4.69, 9.17) is 4.74 Å². The van der Waals surface area contributed by atoms with Gasteiger partial charge in [0.25, 0.3) is 5.91 Å². The minimum atomic E-state index is -0.523. The number of nitrogens with zero attached hydrogens (tertiary/aromatic N) is 2. The van der Waals surface area contributed by atoms with E-state index in [1.165, 1.54) is 11.3 Å². The van der Waals surface area contributed by atoms with Crippen LogP contribution < -0.4 is 5.32 Å². The van der Waals surface area contributed by atoms with E-state index in [2.05, 4.69) is 5.32 Å². The first kappa shape index (κ1) is 19.2. The number of carbonyl (C=O) groups is 3. The van der Waals surface area contributed by atoms with E-state index >= 15 is 0 Å². The molecule has 1 fully saturated rings. The van der Waals surface area contributed by atoms with Crippen LogP contribution in [0.1, 0.15) is 36.9 Å². The Labute approximate surface area is 151 Å². The van der Waals surface area contributed by atoms with Crippen LogP contribution in [0.15, 0.2) is 17.5 Å². The maximum Gasteiger partial charge on any atom is 0.410 e. The average Bonchev–Trinajstić information content (AvgIpc) is 3.07. The van der Waals surface area contributed by atoms with Crippen LogP contribution in [0.25, 0.3) is 0 Å². The van der Waals surface area contributed by atoms with Gasteiger partial charge in [0, 0.05) is 39.1 Å². The second kappa shape index (κ2) is 8.33. The SMILES string of the molecule is CC(C)(C)OC(=O)N1CCN(C(=O)CCNC(=O)c2cccs2)CC1. The van der Waals surface area contributed by atoms with Crippen molar-refractivity contribution < 1.29 is 19.1 Å². The van der Waals surface area contributed by atoms with Crippen LogP contribution in [0.5, 0.6) is 0 Å². The molecule has 8 heteroatoms. The Bertz CT molecular complexity index is 602. The molecular formula is C17H25N3O4S. The third-order valence-corrected chi connectivity index (χ3v) is 4.52. The summed E-state index contributed by atoms with van der Waals surface area (Å²) < 4.78 is 5.34. The Morgan fingerprint density at radius 2 is 1.80 bits per heavy atom. The standard InChI is InChI=1S/C17H25N3O4S/c1-17(2,3)24-16(23)20-10-8-19(9-11-20)14(21)6-7-18-15(22)13-5-4-12-25-13/h4-5,12H,6-11H2,1-3H3,(H,18,22). The van der Waals surface area contributed by atoms with Gasteiger partial charge >= 0.3 is 6.09 Å². The number of rotatable bonds is 4. The van der Waals surface area contributed by atoms with Crippen LogP contribution in [-0.2, 0) is 9.53 Å². The van der Waals surface area contributed by atoms with Gasteiger partial charge in [-0.15, -0.1) is 11.3 Å². The first-order valence-corrected chi connectivity index (χ1v) is 9.21. The van der Waals surface area contributed by atoms with Gasteiger partial charge in [-0.25, -0.2) is 4.79 Å². The van der Waals surface area contributed by atoms with Crippen LogP contribution in [0.4, 0.5) is 4.79 Å². The summed E-state index contributed by atoms with van der Waals surface area (Å²) >= 11 is 1.37. The molecule has 138 valence electrons. The van der Waals surface area contributed by atoms with E-state index in [1.807, 2.05) is 32.2 Å². The molecule has 0 aliphatic carbocycles. The van der Waals surface area contributed by atoms with Crippen LogP contribution in [0.2, 0.25) is 0 Å². The van der Waals surface area contributed by atoms with Crippen molar-refractivity contribution in [2.75, 3.05) is 32.7 Å². The average molecular weight is 367 g/mol. The second-order valence-corrected chi connectivity index (χ2v) is 7.78. The number of ether oxygens (including phenoxy) is 1. The maximum atomic E-state index is 12.2. The number of carbonyl (C=O) groups excluding carboxylic acids is 3. The quantitative estimate of drug-likeness (QED) is 0.882. The molecule has 25 heavy (non-hydrogen) atoms. The smallest absolute Gasteiger partial charge is 0.410 e. The Hall–Kier alpha value is -2.09. The van der Waals surface area contributed by atoms with Crippen molar-refractivity contribution in [2.45, 2.75) is 32.8 Å². The lowest BCUT2D eigenvalue weighted by Gasteiger charge is -2.35. The highest BCUT2D eigenvalue weighted by Crippen LogP contribution is 2.12. The molecule has 2 rings (SSSR count). The van der Waals surface area contributed by atoms with Gasteiger partial charge in [-0.3, -0.25) is 9.59 Å². The first-order valence-electron chi connectivity index (χ1n) is 8.34. The molecule has 0 aromatic carbocycles. The number of thiophene rings is 1. The number of nitrogens with one attached hydrogen (secondary N) is 1. The topological polar surface area (TPSA) is 79.0 Å². The zero-order valence-electron chi connectivity index (χ0n) is 14.9. The van der Waals surface area contributed by atoms with Crippen molar-refractivity contribution in [3.63, 3.8) is 0 Å². The number of amides is 3. The van der Waals surface area contributed by atoms with Crippen molar-refractivity contribution in [1.82, 2.24) is 15.1 Å². The van der Waals surface area contributed by atoms with Gasteiger partial charge in [0.2, 0.25) is 5.91 Å². The van der Waals surface area contributed by atoms with Crippen LogP contribution >= 0.6 is 11.3 Å². The molecule has 3 amide bonds. The van der Waals surface area contributed by atoms with E-state index < -0.39 is 5.60 Å². The van der Waals surface area contributed by atoms with Crippen molar-refractivity contribution >= 4 is 29.2 Å². The fourth-order valence-corrected chi connectivity index (χ4v) is 3.04. The molecule has 1 aliphatic heterocycles. The summed E-state index contributed by atoms with van der Waals surface area (Å²) in [4.78, 5) is 40.0. The molecule has 2 heterocycles. The molecule has 0 spiro atoms. The van der Waals surface area contributed by atoms with E-state index in [0.717, 1.165) is 0 Å². The largest absolute Gasteiger partial charge is 0.444 e. The minimum absolute atomic E-state index is 0.0182. The highest BCUT2D eigenvalue weighted by molar-refractivity contribution is 7.12. The van der Waals surface area contributed by atoms with Crippen molar-refractivity contribution in [2.24, 2.45) is 0 Å². The maximum absolute atomic E-state index is 12.2. The molecule has 0 radical (unpaired) electrons. The van der Waals surface area contributed by atoms with E-state index in [-0.39, 0.29) is 24.3 Å². The van der Waals surface area contributed by atoms with Crippen molar-refractivity contribution in [3.05, 3.63) is 22.4 Å². The molecule has 1 aromatic heterocycles. The van der Waals surface area contributed by atoms with Gasteiger partial charge in [-0.05, 0) is 32.2 Å². The highest BCUT2D eigenvalue weighted by Gasteiger charge is 2.27. The van der Waals surface area contributed by atoms with Gasteiger partial charge in [-0.1, -0.05) is 6.07 Å². The third kappa shape index (κ3) is 6.04. The monoisotopic (exact) mass is 367 g/mol. The lowest BCUT2D eigenvalue weighted by Crippen LogP contribution is -2.52. The Balaban J connectivity index is 1.69. The zero-order chi connectivity index (χ0) is 18.4. The fraction of sp³-hybridized carbons (Fsp3) is 0.588. The van der Waals surface area contributed by atoms with Gasteiger partial charge in [0.05, 0.1) is 4.88 Å². The van der Waals surface area contributed by atoms with Gasteiger partial charge in [0.1, 0.15) is 5.60 Å². The summed E-state index contributed by atoms with van der Waals surface area (Å²) in [5.41, 5.74) is -0.523. The van der Waals surface area contributed by atoms with E-state index in [0.29, 0.717) is 37.6 Å². The van der Waals surface area contributed by atoms with Crippen LogP contribution in [0, 0.1) is 0 Å². The number of hydrogen-bond acceptors (Lipinski definition) is 5. The lowest BCUT2D eigenvalue weighted by atomic mass is 10.2. The summed E-state index contributed by atoms with van der Waals surface area (Å²) in [5, 5.41) is 4.58. The van der Waals surface area contributed by atoms with Gasteiger partial charge < -0.3 is 19.9 Å². The third-order valence-electron chi connectivity index (χ3n) is 3.65. The molecule has 0 unspecified atom stereocenters. The Kier molecular flexibility index (Phi) is 6.41. The molecular weight excluding hydrogens is 342 g/mol. The Morgan fingerprint density at radius 1 is 1.16 bits per heavy atom. The van der Waals surface area contributed by atoms with Crippen molar-refractivity contribution in [3.8, 4) is 0 Å². The normalized spacial score (nSPS) is 15.0. The molecule has 0 bridgehead atoms. The lowest BCUT2D eigenvalue weighted by molar-refractivity contribution is -0.132. The predicted octanol–water partition coefficient (Wildman–Crippen LogP) is 1.95. The summed E-state index contributed by atoms with van der Waals surface area (Å²) in [6, 6.07) is 3.56. The highest BCUT2D eigenvalue weighted by atomic mass is 32.1. The first-order chi connectivity index (χ1) is 11.8. The number of piperazine rings is 1.